The largest absolute Gasteiger partial charge is 0.482 e. The van der Waals surface area contributed by atoms with E-state index in [4.69, 9.17) is 14.2 Å². The minimum absolute atomic E-state index is 0.166. The Hall–Kier alpha value is -2.04. The van der Waals surface area contributed by atoms with E-state index in [2.05, 4.69) is 0 Å². The van der Waals surface area contributed by atoms with Crippen LogP contribution in [0.2, 0.25) is 0 Å². The quantitative estimate of drug-likeness (QED) is 0.756. The van der Waals surface area contributed by atoms with Crippen molar-refractivity contribution in [1.82, 2.24) is 0 Å². The maximum Gasteiger partial charge on any atom is 0.344 e. The molecule has 1 atom stereocenters. The number of benzene rings is 1. The topological polar surface area (TPSA) is 61.8 Å². The van der Waals surface area contributed by atoms with E-state index in [1.54, 1.807) is 33.8 Å². The van der Waals surface area contributed by atoms with Crippen LogP contribution in [0.3, 0.4) is 0 Å². The molecule has 0 saturated carbocycles. The van der Waals surface area contributed by atoms with Crippen molar-refractivity contribution in [2.24, 2.45) is 5.92 Å². The van der Waals surface area contributed by atoms with E-state index in [1.165, 1.54) is 7.11 Å². The Labute approximate surface area is 131 Å². The second kappa shape index (κ2) is 7.82. The Kier molecular flexibility index (Phi) is 6.40. The summed E-state index contributed by atoms with van der Waals surface area (Å²) >= 11 is 0. The lowest BCUT2D eigenvalue weighted by Gasteiger charge is -2.20. The lowest BCUT2D eigenvalue weighted by Crippen LogP contribution is -2.27. The van der Waals surface area contributed by atoms with E-state index in [0.717, 1.165) is 5.56 Å². The van der Waals surface area contributed by atoms with Gasteiger partial charge in [0.1, 0.15) is 11.4 Å². The number of esters is 2. The fourth-order valence-corrected chi connectivity index (χ4v) is 1.94. The number of carbonyl (C=O) groups is 2. The molecule has 22 heavy (non-hydrogen) atoms. The number of hydrogen-bond acceptors (Lipinski definition) is 5. The van der Waals surface area contributed by atoms with Gasteiger partial charge in [-0.2, -0.15) is 0 Å². The number of ether oxygens (including phenoxy) is 3. The van der Waals surface area contributed by atoms with Gasteiger partial charge in [-0.25, -0.2) is 4.79 Å². The summed E-state index contributed by atoms with van der Waals surface area (Å²) in [7, 11) is 1.36. The second-order valence-corrected chi connectivity index (χ2v) is 6.11. The summed E-state index contributed by atoms with van der Waals surface area (Å²) in [5.74, 6) is -0.411. The van der Waals surface area contributed by atoms with E-state index in [1.807, 2.05) is 18.2 Å². The van der Waals surface area contributed by atoms with Crippen molar-refractivity contribution in [2.45, 2.75) is 39.7 Å². The standard InChI is InChI=1S/C17H24O5/c1-12(16(19)20-5)10-13-8-6-7-9-14(13)21-11-15(18)22-17(2,3)4/h6-9,12H,10-11H2,1-5H3. The van der Waals surface area contributed by atoms with Crippen molar-refractivity contribution in [2.75, 3.05) is 13.7 Å². The Balaban J connectivity index is 2.68. The van der Waals surface area contributed by atoms with Crippen molar-refractivity contribution in [3.05, 3.63) is 29.8 Å². The van der Waals surface area contributed by atoms with Crippen molar-refractivity contribution in [1.29, 1.82) is 0 Å². The number of carbonyl (C=O) groups excluding carboxylic acids is 2. The zero-order valence-corrected chi connectivity index (χ0v) is 13.8. The SMILES string of the molecule is COC(=O)C(C)Cc1ccccc1OCC(=O)OC(C)(C)C. The molecule has 0 aliphatic carbocycles. The first kappa shape index (κ1) is 18.0. The van der Waals surface area contributed by atoms with Crippen LogP contribution < -0.4 is 4.74 Å². The van der Waals surface area contributed by atoms with E-state index in [9.17, 15) is 9.59 Å². The van der Waals surface area contributed by atoms with Gasteiger partial charge < -0.3 is 14.2 Å². The van der Waals surface area contributed by atoms with Crippen molar-refractivity contribution >= 4 is 11.9 Å². The number of hydrogen-bond donors (Lipinski definition) is 0. The molecule has 5 nitrogen and oxygen atoms in total. The van der Waals surface area contributed by atoms with Crippen LogP contribution >= 0.6 is 0 Å². The molecule has 0 aliphatic heterocycles. The van der Waals surface area contributed by atoms with Gasteiger partial charge in [0.25, 0.3) is 0 Å². The predicted molar refractivity (Wildman–Crippen MR) is 82.7 cm³/mol. The maximum absolute atomic E-state index is 11.7. The third-order valence-corrected chi connectivity index (χ3v) is 2.87. The van der Waals surface area contributed by atoms with Crippen LogP contribution in [0, 0.1) is 5.92 Å². The average Bonchev–Trinajstić information content (AvgIpc) is 2.43. The molecular formula is C17H24O5. The summed E-state index contributed by atoms with van der Waals surface area (Å²) in [4.78, 5) is 23.2. The molecule has 0 radical (unpaired) electrons. The fourth-order valence-electron chi connectivity index (χ4n) is 1.94. The van der Waals surface area contributed by atoms with Crippen LogP contribution in [0.1, 0.15) is 33.3 Å². The average molecular weight is 308 g/mol. The molecule has 0 N–H and O–H groups in total. The first-order valence-corrected chi connectivity index (χ1v) is 7.23. The predicted octanol–water partition coefficient (Wildman–Crippen LogP) is 2.76. The van der Waals surface area contributed by atoms with Gasteiger partial charge in [0.05, 0.1) is 13.0 Å². The molecule has 1 aromatic carbocycles. The third-order valence-electron chi connectivity index (χ3n) is 2.87. The summed E-state index contributed by atoms with van der Waals surface area (Å²) in [6.07, 6.45) is 0.483. The molecule has 0 aliphatic rings. The summed E-state index contributed by atoms with van der Waals surface area (Å²) < 4.78 is 15.5. The van der Waals surface area contributed by atoms with Gasteiger partial charge in [-0.05, 0) is 38.8 Å². The smallest absolute Gasteiger partial charge is 0.344 e. The zero-order valence-electron chi connectivity index (χ0n) is 13.8. The van der Waals surface area contributed by atoms with Gasteiger partial charge in [0.15, 0.2) is 6.61 Å². The zero-order chi connectivity index (χ0) is 16.8. The van der Waals surface area contributed by atoms with Crippen LogP contribution in [0.15, 0.2) is 24.3 Å². The second-order valence-electron chi connectivity index (χ2n) is 6.11. The minimum Gasteiger partial charge on any atom is -0.482 e. The van der Waals surface area contributed by atoms with E-state index >= 15 is 0 Å². The Bertz CT molecular complexity index is 516. The highest BCUT2D eigenvalue weighted by Gasteiger charge is 2.19. The van der Waals surface area contributed by atoms with Gasteiger partial charge in [-0.3, -0.25) is 4.79 Å². The van der Waals surface area contributed by atoms with E-state index in [-0.39, 0.29) is 18.5 Å². The molecule has 122 valence electrons. The Morgan fingerprint density at radius 1 is 1.18 bits per heavy atom. The molecule has 0 amide bonds. The molecule has 5 heteroatoms. The molecule has 0 aromatic heterocycles. The van der Waals surface area contributed by atoms with Crippen molar-refractivity contribution in [3.63, 3.8) is 0 Å². The summed E-state index contributed by atoms with van der Waals surface area (Å²) in [6, 6.07) is 7.31. The minimum atomic E-state index is -0.542. The first-order valence-electron chi connectivity index (χ1n) is 7.23. The molecule has 0 bridgehead atoms. The monoisotopic (exact) mass is 308 g/mol. The van der Waals surface area contributed by atoms with Crippen LogP contribution in [0.4, 0.5) is 0 Å². The molecular weight excluding hydrogens is 284 g/mol. The maximum atomic E-state index is 11.7. The van der Waals surface area contributed by atoms with Crippen LogP contribution in [-0.2, 0) is 25.5 Å². The highest BCUT2D eigenvalue weighted by Crippen LogP contribution is 2.22. The molecule has 1 rings (SSSR count). The highest BCUT2D eigenvalue weighted by atomic mass is 16.6. The van der Waals surface area contributed by atoms with Crippen LogP contribution in [-0.4, -0.2) is 31.3 Å². The van der Waals surface area contributed by atoms with Gasteiger partial charge in [-0.1, -0.05) is 25.1 Å². The van der Waals surface area contributed by atoms with E-state index in [0.29, 0.717) is 12.2 Å². The first-order chi connectivity index (χ1) is 10.2. The fraction of sp³-hybridized carbons (Fsp3) is 0.529. The van der Waals surface area contributed by atoms with Gasteiger partial charge >= 0.3 is 11.9 Å². The highest BCUT2D eigenvalue weighted by molar-refractivity contribution is 5.72. The number of methoxy groups -OCH3 is 1. The normalized spacial score (nSPS) is 12.4. The third kappa shape index (κ3) is 6.16. The Morgan fingerprint density at radius 3 is 2.41 bits per heavy atom. The van der Waals surface area contributed by atoms with Crippen molar-refractivity contribution in [3.8, 4) is 5.75 Å². The van der Waals surface area contributed by atoms with Crippen LogP contribution in [0.25, 0.3) is 0 Å². The van der Waals surface area contributed by atoms with E-state index < -0.39 is 11.6 Å². The molecule has 0 heterocycles. The summed E-state index contributed by atoms with van der Waals surface area (Å²) in [6.45, 7) is 7.03. The Morgan fingerprint density at radius 2 is 1.82 bits per heavy atom. The van der Waals surface area contributed by atoms with Crippen LogP contribution in [0.5, 0.6) is 5.75 Å². The van der Waals surface area contributed by atoms with Crippen molar-refractivity contribution < 1.29 is 23.8 Å². The number of para-hydroxylation sites is 1. The number of rotatable bonds is 6. The van der Waals surface area contributed by atoms with Gasteiger partial charge in [-0.15, -0.1) is 0 Å². The molecule has 0 fully saturated rings. The summed E-state index contributed by atoms with van der Waals surface area (Å²) in [5, 5.41) is 0. The summed E-state index contributed by atoms with van der Waals surface area (Å²) in [5.41, 5.74) is 0.309. The molecule has 0 spiro atoms. The van der Waals surface area contributed by atoms with Gasteiger partial charge in [0.2, 0.25) is 0 Å². The molecule has 1 aromatic rings. The molecule has 1 unspecified atom stereocenters. The lowest BCUT2D eigenvalue weighted by molar-refractivity contribution is -0.157. The van der Waals surface area contributed by atoms with Gasteiger partial charge in [0, 0.05) is 0 Å². The lowest BCUT2D eigenvalue weighted by atomic mass is 10.0. The molecule has 0 saturated heterocycles.